The molecule has 182 valence electrons. The quantitative estimate of drug-likeness (QED) is 0.392. The minimum absolute atomic E-state index is 0.485. The first-order valence-corrected chi connectivity index (χ1v) is 15.1. The topological polar surface area (TPSA) is 0 Å². The third kappa shape index (κ3) is 2.67. The molecule has 9 aliphatic carbocycles. The van der Waals surface area contributed by atoms with E-state index in [4.69, 9.17) is 0 Å². The van der Waals surface area contributed by atoms with Crippen molar-refractivity contribution in [3.63, 3.8) is 0 Å². The molecule has 0 spiro atoms. The van der Waals surface area contributed by atoms with Gasteiger partial charge in [0.25, 0.3) is 0 Å². The van der Waals surface area contributed by atoms with E-state index in [0.29, 0.717) is 10.8 Å². The van der Waals surface area contributed by atoms with E-state index in [1.54, 1.807) is 51.4 Å². The van der Waals surface area contributed by atoms with Crippen LogP contribution in [0.3, 0.4) is 0 Å². The van der Waals surface area contributed by atoms with Crippen molar-refractivity contribution in [1.29, 1.82) is 0 Å². The normalized spacial score (nSPS) is 59.4. The third-order valence-corrected chi connectivity index (χ3v) is 13.7. The zero-order valence-electron chi connectivity index (χ0n) is 21.8. The van der Waals surface area contributed by atoms with Gasteiger partial charge in [-0.15, -0.1) is 0 Å². The third-order valence-electron chi connectivity index (χ3n) is 13.7. The van der Waals surface area contributed by atoms with Gasteiger partial charge in [-0.2, -0.15) is 0 Å². The number of hydrogen-bond acceptors (Lipinski definition) is 0. The predicted molar refractivity (Wildman–Crippen MR) is 141 cm³/mol. The van der Waals surface area contributed by atoms with Gasteiger partial charge >= 0.3 is 0 Å². The van der Waals surface area contributed by atoms with Crippen LogP contribution in [0.5, 0.6) is 0 Å². The maximum Gasteiger partial charge on any atom is -0.00954 e. The predicted octanol–water partition coefficient (Wildman–Crippen LogP) is 8.63. The Morgan fingerprint density at radius 3 is 1.56 bits per heavy atom. The summed E-state index contributed by atoms with van der Waals surface area (Å²) in [5.41, 5.74) is 1.74. The second kappa shape index (κ2) is 6.83. The van der Waals surface area contributed by atoms with E-state index in [1.165, 1.54) is 6.42 Å². The van der Waals surface area contributed by atoms with Crippen molar-refractivity contribution in [2.24, 2.45) is 81.3 Å². The van der Waals surface area contributed by atoms with Crippen molar-refractivity contribution < 1.29 is 0 Å². The van der Waals surface area contributed by atoms with E-state index in [9.17, 15) is 0 Å². The highest BCUT2D eigenvalue weighted by Gasteiger charge is 2.67. The fourth-order valence-corrected chi connectivity index (χ4v) is 13.3. The summed E-state index contributed by atoms with van der Waals surface area (Å²) in [6.45, 7) is 8.15. The fraction of sp³-hybridized carbons (Fsp3) is 0.765. The molecule has 34 heavy (non-hydrogen) atoms. The average Bonchev–Trinajstić information content (AvgIpc) is 3.44. The molecule has 0 nitrogen and oxygen atoms in total. The van der Waals surface area contributed by atoms with E-state index in [-0.39, 0.29) is 0 Å². The maximum absolute atomic E-state index is 2.80. The Balaban J connectivity index is 1.16. The van der Waals surface area contributed by atoms with Crippen molar-refractivity contribution in [3.05, 3.63) is 48.6 Å². The van der Waals surface area contributed by atoms with Crippen molar-refractivity contribution in [1.82, 2.24) is 0 Å². The first kappa shape index (κ1) is 21.1. The van der Waals surface area contributed by atoms with Crippen molar-refractivity contribution >= 4 is 0 Å². The van der Waals surface area contributed by atoms with Gasteiger partial charge in [-0.25, -0.2) is 0 Å². The standard InChI is InChI=1S/C34H46/c1-32(2)20-33(3,31-27-10-6-4-8-25(27)26-9-5-7-11-28(26)31)30-16-24(15-29(30)32)34-17-21-12-22(18-34)14-23(13-21)19-34/h4-11,21-31H,12-20H2,1-3H3. The summed E-state index contributed by atoms with van der Waals surface area (Å²) in [6.07, 6.45) is 34.1. The largest absolute Gasteiger partial charge is 0.0805 e. The van der Waals surface area contributed by atoms with Crippen LogP contribution in [0.1, 0.15) is 78.6 Å². The van der Waals surface area contributed by atoms with Gasteiger partial charge in [-0.3, -0.25) is 0 Å². The van der Waals surface area contributed by atoms with Crippen LogP contribution < -0.4 is 0 Å². The Bertz CT molecular complexity index is 918. The summed E-state index contributed by atoms with van der Waals surface area (Å²) in [5, 5.41) is 0. The number of hydrogen-bond donors (Lipinski definition) is 0. The van der Waals surface area contributed by atoms with E-state index in [0.717, 1.165) is 70.5 Å². The van der Waals surface area contributed by atoms with Crippen LogP contribution >= 0.6 is 0 Å². The number of fused-ring (bicyclic) bond motifs is 4. The molecule has 0 aliphatic heterocycles. The molecule has 7 fully saturated rings. The summed E-state index contributed by atoms with van der Waals surface area (Å²) < 4.78 is 0. The van der Waals surface area contributed by atoms with Gasteiger partial charge in [-0.1, -0.05) is 69.4 Å². The second-order valence-electron chi connectivity index (χ2n) is 15.7. The summed E-state index contributed by atoms with van der Waals surface area (Å²) in [7, 11) is 0. The van der Waals surface area contributed by atoms with E-state index in [1.807, 2.05) is 0 Å². The van der Waals surface area contributed by atoms with Gasteiger partial charge in [0, 0.05) is 0 Å². The van der Waals surface area contributed by atoms with Gasteiger partial charge in [-0.05, 0) is 139 Å². The molecule has 0 N–H and O–H groups in total. The Hall–Kier alpha value is -1.04. The molecule has 0 aromatic rings. The Labute approximate surface area is 208 Å². The van der Waals surface area contributed by atoms with Gasteiger partial charge in [0.15, 0.2) is 0 Å². The van der Waals surface area contributed by atoms with Crippen LogP contribution in [0.15, 0.2) is 48.6 Å². The van der Waals surface area contributed by atoms with E-state index in [2.05, 4.69) is 69.4 Å². The smallest absolute Gasteiger partial charge is 0.00954 e. The maximum atomic E-state index is 2.80. The van der Waals surface area contributed by atoms with Crippen molar-refractivity contribution in [3.8, 4) is 0 Å². The molecular formula is C34H46. The molecular weight excluding hydrogens is 408 g/mol. The lowest BCUT2D eigenvalue weighted by atomic mass is 9.46. The molecule has 8 atom stereocenters. The van der Waals surface area contributed by atoms with Gasteiger partial charge in [0.1, 0.15) is 0 Å². The molecule has 8 unspecified atom stereocenters. The minimum atomic E-state index is 0.485. The first-order chi connectivity index (χ1) is 16.4. The highest BCUT2D eigenvalue weighted by Crippen LogP contribution is 2.75. The van der Waals surface area contributed by atoms with Crippen molar-refractivity contribution in [2.45, 2.75) is 78.6 Å². The summed E-state index contributed by atoms with van der Waals surface area (Å²) >= 11 is 0. The fourth-order valence-electron chi connectivity index (χ4n) is 13.3. The summed E-state index contributed by atoms with van der Waals surface area (Å²) in [4.78, 5) is 0. The number of allylic oxidation sites excluding steroid dienone is 8. The monoisotopic (exact) mass is 454 g/mol. The van der Waals surface area contributed by atoms with Crippen LogP contribution in [0, 0.1) is 81.3 Å². The SMILES string of the molecule is CC1(C)CC(C)(C2C3C=CC=CC3C3C=CC=CC32)C2CC(C34CC5CC(CC(C5)C3)C4)CC21. The van der Waals surface area contributed by atoms with Crippen molar-refractivity contribution in [2.75, 3.05) is 0 Å². The molecule has 0 heteroatoms. The molecule has 7 saturated carbocycles. The molecule has 0 aromatic heterocycles. The molecule has 0 amide bonds. The van der Waals surface area contributed by atoms with Crippen LogP contribution in [0.4, 0.5) is 0 Å². The summed E-state index contributed by atoms with van der Waals surface area (Å²) in [5.74, 6) is 9.97. The summed E-state index contributed by atoms with van der Waals surface area (Å²) in [6, 6.07) is 0. The molecule has 9 aliphatic rings. The van der Waals surface area contributed by atoms with Crippen LogP contribution in [-0.2, 0) is 0 Å². The van der Waals surface area contributed by atoms with Gasteiger partial charge in [0.2, 0.25) is 0 Å². The molecule has 0 saturated heterocycles. The van der Waals surface area contributed by atoms with Gasteiger partial charge in [0.05, 0.1) is 0 Å². The highest BCUT2D eigenvalue weighted by atomic mass is 14.7. The Morgan fingerprint density at radius 1 is 0.559 bits per heavy atom. The van der Waals surface area contributed by atoms with Crippen LogP contribution in [0.25, 0.3) is 0 Å². The Kier molecular flexibility index (Phi) is 4.24. The highest BCUT2D eigenvalue weighted by molar-refractivity contribution is 5.31. The molecule has 0 aromatic carbocycles. The van der Waals surface area contributed by atoms with Crippen LogP contribution in [0.2, 0.25) is 0 Å². The van der Waals surface area contributed by atoms with E-state index >= 15 is 0 Å². The first-order valence-electron chi connectivity index (χ1n) is 15.1. The molecule has 9 rings (SSSR count). The molecule has 4 bridgehead atoms. The molecule has 0 heterocycles. The van der Waals surface area contributed by atoms with E-state index < -0.39 is 0 Å². The lowest BCUT2D eigenvalue weighted by molar-refractivity contribution is -0.0906. The van der Waals surface area contributed by atoms with Gasteiger partial charge < -0.3 is 0 Å². The lowest BCUT2D eigenvalue weighted by Crippen LogP contribution is -2.49. The lowest BCUT2D eigenvalue weighted by Gasteiger charge is -2.59. The minimum Gasteiger partial charge on any atom is -0.0805 e. The van der Waals surface area contributed by atoms with Crippen LogP contribution in [-0.4, -0.2) is 0 Å². The zero-order valence-corrected chi connectivity index (χ0v) is 21.8. The molecule has 0 radical (unpaired) electrons. The number of rotatable bonds is 2. The Morgan fingerprint density at radius 2 is 1.03 bits per heavy atom. The second-order valence-corrected chi connectivity index (χ2v) is 15.7. The average molecular weight is 455 g/mol. The zero-order chi connectivity index (χ0) is 22.9.